The third-order valence-electron chi connectivity index (χ3n) is 8.63. The molecule has 0 aromatic heterocycles. The van der Waals surface area contributed by atoms with Gasteiger partial charge in [0, 0.05) is 20.3 Å². The van der Waals surface area contributed by atoms with Crippen molar-refractivity contribution in [3.8, 4) is 0 Å². The molecule has 0 heterocycles. The molecule has 0 fully saturated rings. The van der Waals surface area contributed by atoms with E-state index in [0.29, 0.717) is 39.6 Å². The number of ether oxygens (including phenoxy) is 7. The average Bonchev–Trinajstić information content (AvgIpc) is 3.10. The number of hydrogen-bond donors (Lipinski definition) is 0. The van der Waals surface area contributed by atoms with Crippen molar-refractivity contribution in [3.05, 3.63) is 0 Å². The Morgan fingerprint density at radius 3 is 1.41 bits per heavy atom. The SMILES string of the molecule is CCCCCCCCCCCCCCOCC(COC(=O)OCCC(=O)OCCOCCOC)OCCCCCCCCCCCCCC. The molecule has 1 atom stereocenters. The van der Waals surface area contributed by atoms with E-state index in [9.17, 15) is 9.59 Å². The maximum absolute atomic E-state index is 12.2. The van der Waals surface area contributed by atoms with E-state index in [0.717, 1.165) is 19.3 Å². The van der Waals surface area contributed by atoms with E-state index >= 15 is 0 Å². The van der Waals surface area contributed by atoms with Crippen molar-refractivity contribution < 1.29 is 42.7 Å². The van der Waals surface area contributed by atoms with Crippen molar-refractivity contribution in [2.24, 2.45) is 0 Å². The van der Waals surface area contributed by atoms with Crippen LogP contribution in [0.15, 0.2) is 0 Å². The molecular weight excluding hydrogens is 624 g/mol. The molecule has 0 aromatic rings. The lowest BCUT2D eigenvalue weighted by atomic mass is 10.1. The number of unbranched alkanes of at least 4 members (excludes halogenated alkanes) is 22. The molecule has 0 N–H and O–H groups in total. The van der Waals surface area contributed by atoms with Gasteiger partial charge >= 0.3 is 12.1 Å². The third kappa shape index (κ3) is 39.2. The Morgan fingerprint density at radius 2 is 0.898 bits per heavy atom. The predicted molar refractivity (Wildman–Crippen MR) is 198 cm³/mol. The summed E-state index contributed by atoms with van der Waals surface area (Å²) in [6.07, 6.45) is 30.0. The summed E-state index contributed by atoms with van der Waals surface area (Å²) in [5.41, 5.74) is 0. The second-order valence-electron chi connectivity index (χ2n) is 13.3. The quantitative estimate of drug-likeness (QED) is 0.0456. The Balaban J connectivity index is 4.14. The molecule has 1 unspecified atom stereocenters. The first-order valence-electron chi connectivity index (χ1n) is 20.3. The Labute approximate surface area is 301 Å². The summed E-state index contributed by atoms with van der Waals surface area (Å²) >= 11 is 0. The largest absolute Gasteiger partial charge is 0.508 e. The second kappa shape index (κ2) is 41.0. The predicted octanol–water partition coefficient (Wildman–Crippen LogP) is 10.5. The third-order valence-corrected chi connectivity index (χ3v) is 8.63. The van der Waals surface area contributed by atoms with E-state index in [1.54, 1.807) is 7.11 Å². The van der Waals surface area contributed by atoms with Crippen LogP contribution in [0.1, 0.15) is 174 Å². The van der Waals surface area contributed by atoms with E-state index < -0.39 is 12.1 Å². The monoisotopic (exact) mass is 703 g/mol. The molecule has 0 saturated heterocycles. The average molecular weight is 703 g/mol. The van der Waals surface area contributed by atoms with Gasteiger partial charge in [-0.2, -0.15) is 0 Å². The zero-order valence-corrected chi connectivity index (χ0v) is 32.3. The van der Waals surface area contributed by atoms with Crippen molar-refractivity contribution in [3.63, 3.8) is 0 Å². The lowest BCUT2D eigenvalue weighted by Crippen LogP contribution is -2.28. The first-order chi connectivity index (χ1) is 24.1. The highest BCUT2D eigenvalue weighted by Gasteiger charge is 2.15. The molecule has 0 radical (unpaired) electrons. The van der Waals surface area contributed by atoms with Gasteiger partial charge in [-0.3, -0.25) is 4.79 Å². The minimum Gasteiger partial charge on any atom is -0.463 e. The van der Waals surface area contributed by atoms with Gasteiger partial charge in [0.1, 0.15) is 25.9 Å². The van der Waals surface area contributed by atoms with Crippen LogP contribution < -0.4 is 0 Å². The van der Waals surface area contributed by atoms with Crippen molar-refractivity contribution in [1.29, 1.82) is 0 Å². The summed E-state index contributed by atoms with van der Waals surface area (Å²) in [5, 5.41) is 0. The molecule has 9 heteroatoms. The van der Waals surface area contributed by atoms with Gasteiger partial charge in [-0.1, -0.05) is 155 Å². The van der Waals surface area contributed by atoms with E-state index in [1.165, 1.54) is 135 Å². The lowest BCUT2D eigenvalue weighted by molar-refractivity contribution is -0.146. The van der Waals surface area contributed by atoms with Gasteiger partial charge in [0.2, 0.25) is 0 Å². The zero-order chi connectivity index (χ0) is 35.7. The van der Waals surface area contributed by atoms with Crippen molar-refractivity contribution in [1.82, 2.24) is 0 Å². The Kier molecular flexibility index (Phi) is 39.8. The van der Waals surface area contributed by atoms with Crippen LogP contribution in [0.5, 0.6) is 0 Å². The lowest BCUT2D eigenvalue weighted by Gasteiger charge is -2.18. The highest BCUT2D eigenvalue weighted by Crippen LogP contribution is 2.14. The number of esters is 1. The number of methoxy groups -OCH3 is 1. The first-order valence-corrected chi connectivity index (χ1v) is 20.3. The van der Waals surface area contributed by atoms with Crippen LogP contribution in [-0.4, -0.2) is 84.8 Å². The molecular formula is C40H78O9. The minimum atomic E-state index is -0.823. The maximum Gasteiger partial charge on any atom is 0.508 e. The van der Waals surface area contributed by atoms with Crippen LogP contribution in [0.4, 0.5) is 4.79 Å². The maximum atomic E-state index is 12.2. The fourth-order valence-corrected chi connectivity index (χ4v) is 5.55. The van der Waals surface area contributed by atoms with Gasteiger partial charge in [-0.15, -0.1) is 0 Å². The van der Waals surface area contributed by atoms with Gasteiger partial charge in [-0.25, -0.2) is 4.79 Å². The highest BCUT2D eigenvalue weighted by atomic mass is 16.7. The van der Waals surface area contributed by atoms with E-state index in [2.05, 4.69) is 13.8 Å². The van der Waals surface area contributed by atoms with Crippen LogP contribution in [0.2, 0.25) is 0 Å². The van der Waals surface area contributed by atoms with Crippen LogP contribution in [0.3, 0.4) is 0 Å². The molecule has 0 rings (SSSR count). The van der Waals surface area contributed by atoms with Crippen molar-refractivity contribution in [2.75, 3.05) is 66.6 Å². The summed E-state index contributed by atoms with van der Waals surface area (Å²) < 4.78 is 37.6. The summed E-state index contributed by atoms with van der Waals surface area (Å²) in [5.74, 6) is -0.460. The molecule has 292 valence electrons. The fraction of sp³-hybridized carbons (Fsp3) is 0.950. The Hall–Kier alpha value is -1.42. The normalized spacial score (nSPS) is 11.9. The molecule has 0 aromatic carbocycles. The fourth-order valence-electron chi connectivity index (χ4n) is 5.55. The molecule has 0 aliphatic rings. The molecule has 0 spiro atoms. The van der Waals surface area contributed by atoms with Crippen molar-refractivity contribution in [2.45, 2.75) is 180 Å². The molecule has 49 heavy (non-hydrogen) atoms. The minimum absolute atomic E-state index is 0.0474. The molecule has 0 aliphatic carbocycles. The van der Waals surface area contributed by atoms with Crippen LogP contribution >= 0.6 is 0 Å². The van der Waals surface area contributed by atoms with Crippen LogP contribution in [-0.2, 0) is 38.0 Å². The van der Waals surface area contributed by atoms with Gasteiger partial charge < -0.3 is 33.2 Å². The van der Waals surface area contributed by atoms with E-state index in [1.807, 2.05) is 0 Å². The summed E-state index contributed by atoms with van der Waals surface area (Å²) in [4.78, 5) is 24.0. The van der Waals surface area contributed by atoms with Crippen LogP contribution in [0, 0.1) is 0 Å². The molecule has 0 amide bonds. The van der Waals surface area contributed by atoms with Crippen LogP contribution in [0.25, 0.3) is 0 Å². The van der Waals surface area contributed by atoms with Crippen molar-refractivity contribution >= 4 is 12.1 Å². The number of hydrogen-bond acceptors (Lipinski definition) is 9. The molecule has 0 aliphatic heterocycles. The summed E-state index contributed by atoms with van der Waals surface area (Å²) in [6, 6.07) is 0. The van der Waals surface area contributed by atoms with Gasteiger partial charge in [0.15, 0.2) is 0 Å². The number of carbonyl (C=O) groups excluding carboxylic acids is 2. The first kappa shape index (κ1) is 47.6. The number of carbonyl (C=O) groups is 2. The zero-order valence-electron chi connectivity index (χ0n) is 32.3. The second-order valence-corrected chi connectivity index (χ2v) is 13.3. The molecule has 0 bridgehead atoms. The summed E-state index contributed by atoms with van der Waals surface area (Å²) in [6.45, 7) is 7.51. The van der Waals surface area contributed by atoms with E-state index in [4.69, 9.17) is 33.2 Å². The smallest absolute Gasteiger partial charge is 0.463 e. The van der Waals surface area contributed by atoms with Gasteiger partial charge in [0.05, 0.1) is 32.8 Å². The standard InChI is InChI=1S/C40H78O9/c1-4-6-8-10-12-14-16-18-20-22-24-26-29-45-36-38(46-30-27-25-23-21-19-17-15-13-11-9-7-5-2)37-49-40(42)48-31-28-39(41)47-35-34-44-33-32-43-3/h38H,4-37H2,1-3H3. The van der Waals surface area contributed by atoms with Gasteiger partial charge in [-0.05, 0) is 12.8 Å². The van der Waals surface area contributed by atoms with Gasteiger partial charge in [0.25, 0.3) is 0 Å². The molecule has 9 nitrogen and oxygen atoms in total. The topological polar surface area (TPSA) is 98.8 Å². The number of rotatable bonds is 40. The summed E-state index contributed by atoms with van der Waals surface area (Å²) in [7, 11) is 1.59. The Morgan fingerprint density at radius 1 is 0.429 bits per heavy atom. The van der Waals surface area contributed by atoms with E-state index in [-0.39, 0.29) is 32.3 Å². The Bertz CT molecular complexity index is 676. The molecule has 0 saturated carbocycles. The highest BCUT2D eigenvalue weighted by molar-refractivity contribution is 5.70.